The smallest absolute Gasteiger partial charge is 0.130 e. The Balaban J connectivity index is 1.88. The first-order valence-corrected chi connectivity index (χ1v) is 8.07. The molecule has 0 bridgehead atoms. The van der Waals surface area contributed by atoms with Crippen molar-refractivity contribution < 1.29 is 4.74 Å². The van der Waals surface area contributed by atoms with Gasteiger partial charge in [0.25, 0.3) is 0 Å². The first kappa shape index (κ1) is 13.1. The fourth-order valence-corrected chi connectivity index (χ4v) is 3.67. The van der Waals surface area contributed by atoms with Crippen LogP contribution in [-0.2, 0) is 5.54 Å². The largest absolute Gasteiger partial charge is 0.497 e. The van der Waals surface area contributed by atoms with E-state index in [0.717, 1.165) is 29.9 Å². The molecule has 4 rings (SSSR count). The number of nitrogens with zero attached hydrogens (tertiary/aromatic N) is 2. The predicted molar refractivity (Wildman–Crippen MR) is 83.5 cm³/mol. The monoisotopic (exact) mass is 285 g/mol. The molecule has 1 heterocycles. The van der Waals surface area contributed by atoms with Crippen LogP contribution in [0.1, 0.15) is 56.8 Å². The Morgan fingerprint density at radius 3 is 2.67 bits per heavy atom. The molecule has 2 saturated carbocycles. The van der Waals surface area contributed by atoms with Gasteiger partial charge in [0.2, 0.25) is 0 Å². The lowest BCUT2D eigenvalue weighted by Crippen LogP contribution is -2.41. The Kier molecular flexibility index (Phi) is 2.96. The summed E-state index contributed by atoms with van der Waals surface area (Å²) in [5.74, 6) is 1.97. The molecule has 0 saturated heterocycles. The molecule has 2 N–H and O–H groups in total. The Bertz CT molecular complexity index is 666. The molecule has 0 spiro atoms. The average Bonchev–Trinajstić information content (AvgIpc) is 3.27. The predicted octanol–water partition coefficient (Wildman–Crippen LogP) is 3.50. The van der Waals surface area contributed by atoms with Crippen molar-refractivity contribution in [3.63, 3.8) is 0 Å². The van der Waals surface area contributed by atoms with E-state index in [-0.39, 0.29) is 5.54 Å². The van der Waals surface area contributed by atoms with E-state index in [1.165, 1.54) is 37.6 Å². The molecular weight excluding hydrogens is 262 g/mol. The Hall–Kier alpha value is -1.55. The second-order valence-electron chi connectivity index (χ2n) is 6.61. The lowest BCUT2D eigenvalue weighted by atomic mass is 9.82. The summed E-state index contributed by atoms with van der Waals surface area (Å²) < 4.78 is 7.75. The molecule has 2 aliphatic rings. The summed E-state index contributed by atoms with van der Waals surface area (Å²) in [6.07, 6.45) is 8.35. The summed E-state index contributed by atoms with van der Waals surface area (Å²) in [6.45, 7) is 0. The molecule has 0 radical (unpaired) electrons. The van der Waals surface area contributed by atoms with Crippen LogP contribution in [-0.4, -0.2) is 16.7 Å². The van der Waals surface area contributed by atoms with Crippen molar-refractivity contribution in [2.75, 3.05) is 7.11 Å². The first-order chi connectivity index (χ1) is 10.2. The highest BCUT2D eigenvalue weighted by Crippen LogP contribution is 2.44. The third kappa shape index (κ3) is 2.13. The molecule has 112 valence electrons. The highest BCUT2D eigenvalue weighted by Gasteiger charge is 2.38. The Morgan fingerprint density at radius 1 is 1.24 bits per heavy atom. The fraction of sp³-hybridized carbons (Fsp3) is 0.588. The van der Waals surface area contributed by atoms with Crippen LogP contribution >= 0.6 is 0 Å². The summed E-state index contributed by atoms with van der Waals surface area (Å²) in [4.78, 5) is 4.94. The molecular formula is C17H23N3O. The fourth-order valence-electron chi connectivity index (χ4n) is 3.67. The maximum absolute atomic E-state index is 6.77. The van der Waals surface area contributed by atoms with Crippen LogP contribution in [0, 0.1) is 0 Å². The molecule has 1 aromatic carbocycles. The minimum absolute atomic E-state index is 0.243. The van der Waals surface area contributed by atoms with Gasteiger partial charge >= 0.3 is 0 Å². The number of aromatic nitrogens is 2. The number of methoxy groups -OCH3 is 1. The van der Waals surface area contributed by atoms with Crippen molar-refractivity contribution in [2.45, 2.75) is 56.5 Å². The van der Waals surface area contributed by atoms with Crippen LogP contribution in [0.3, 0.4) is 0 Å². The van der Waals surface area contributed by atoms with Gasteiger partial charge < -0.3 is 15.0 Å². The van der Waals surface area contributed by atoms with E-state index in [9.17, 15) is 0 Å². The Labute approximate surface area is 125 Å². The van der Waals surface area contributed by atoms with Gasteiger partial charge in [0.05, 0.1) is 23.7 Å². The van der Waals surface area contributed by atoms with Crippen molar-refractivity contribution in [2.24, 2.45) is 5.73 Å². The number of nitrogens with two attached hydrogens (primary N) is 1. The molecule has 2 aromatic rings. The third-order valence-corrected chi connectivity index (χ3v) is 5.00. The van der Waals surface area contributed by atoms with Gasteiger partial charge in [-0.15, -0.1) is 0 Å². The van der Waals surface area contributed by atoms with Gasteiger partial charge in [0.15, 0.2) is 0 Å². The molecule has 4 heteroatoms. The normalized spacial score (nSPS) is 21.6. The Morgan fingerprint density at radius 2 is 2.00 bits per heavy atom. The SMILES string of the molecule is COc1ccc2c(c1)nc(C1(N)CCCCC1)n2C1CC1. The maximum Gasteiger partial charge on any atom is 0.130 e. The summed E-state index contributed by atoms with van der Waals surface area (Å²) >= 11 is 0. The summed E-state index contributed by atoms with van der Waals surface area (Å²) in [5, 5.41) is 0. The number of hydrogen-bond acceptors (Lipinski definition) is 3. The van der Waals surface area contributed by atoms with Gasteiger partial charge in [0.1, 0.15) is 11.6 Å². The van der Waals surface area contributed by atoms with Crippen LogP contribution in [0.25, 0.3) is 11.0 Å². The average molecular weight is 285 g/mol. The van der Waals surface area contributed by atoms with Crippen molar-refractivity contribution >= 4 is 11.0 Å². The third-order valence-electron chi connectivity index (χ3n) is 5.00. The topological polar surface area (TPSA) is 53.1 Å². The standard InChI is InChI=1S/C17H23N3O/c1-21-13-7-8-15-14(11-13)19-16(20(15)12-5-6-12)17(18)9-3-2-4-10-17/h7-8,11-12H,2-6,9-10,18H2,1H3. The second-order valence-corrected chi connectivity index (χ2v) is 6.61. The molecule has 1 aromatic heterocycles. The summed E-state index contributed by atoms with van der Waals surface area (Å²) in [6, 6.07) is 6.79. The zero-order chi connectivity index (χ0) is 14.4. The highest BCUT2D eigenvalue weighted by atomic mass is 16.5. The van der Waals surface area contributed by atoms with Crippen LogP contribution in [0.4, 0.5) is 0 Å². The molecule has 2 fully saturated rings. The van der Waals surface area contributed by atoms with Gasteiger partial charge in [0, 0.05) is 12.1 Å². The number of hydrogen-bond donors (Lipinski definition) is 1. The van der Waals surface area contributed by atoms with E-state index in [2.05, 4.69) is 10.6 Å². The number of rotatable bonds is 3. The molecule has 0 atom stereocenters. The van der Waals surface area contributed by atoms with E-state index in [4.69, 9.17) is 15.5 Å². The van der Waals surface area contributed by atoms with Crippen LogP contribution < -0.4 is 10.5 Å². The zero-order valence-corrected chi connectivity index (χ0v) is 12.6. The van der Waals surface area contributed by atoms with E-state index in [0.29, 0.717) is 6.04 Å². The van der Waals surface area contributed by atoms with Gasteiger partial charge in [-0.25, -0.2) is 4.98 Å². The van der Waals surface area contributed by atoms with Gasteiger partial charge in [-0.3, -0.25) is 0 Å². The summed E-state index contributed by atoms with van der Waals surface area (Å²) in [7, 11) is 1.70. The van der Waals surface area contributed by atoms with Crippen LogP contribution in [0.2, 0.25) is 0 Å². The lowest BCUT2D eigenvalue weighted by molar-refractivity contribution is 0.279. The number of fused-ring (bicyclic) bond motifs is 1. The molecule has 4 nitrogen and oxygen atoms in total. The molecule has 2 aliphatic carbocycles. The molecule has 0 unspecified atom stereocenters. The zero-order valence-electron chi connectivity index (χ0n) is 12.6. The van der Waals surface area contributed by atoms with E-state index in [1.54, 1.807) is 7.11 Å². The van der Waals surface area contributed by atoms with Crippen molar-refractivity contribution in [3.05, 3.63) is 24.0 Å². The minimum atomic E-state index is -0.243. The van der Waals surface area contributed by atoms with Gasteiger partial charge in [-0.05, 0) is 37.8 Å². The van der Waals surface area contributed by atoms with Crippen molar-refractivity contribution in [1.82, 2.24) is 9.55 Å². The maximum atomic E-state index is 6.77. The van der Waals surface area contributed by atoms with Crippen LogP contribution in [0.15, 0.2) is 18.2 Å². The second kappa shape index (κ2) is 4.73. The van der Waals surface area contributed by atoms with E-state index in [1.807, 2.05) is 12.1 Å². The van der Waals surface area contributed by atoms with Crippen molar-refractivity contribution in [1.29, 1.82) is 0 Å². The lowest BCUT2D eigenvalue weighted by Gasteiger charge is -2.33. The number of imidazole rings is 1. The molecule has 0 aliphatic heterocycles. The quantitative estimate of drug-likeness (QED) is 0.939. The molecule has 0 amide bonds. The first-order valence-electron chi connectivity index (χ1n) is 8.07. The van der Waals surface area contributed by atoms with Crippen LogP contribution in [0.5, 0.6) is 5.75 Å². The number of ether oxygens (including phenoxy) is 1. The van der Waals surface area contributed by atoms with Gasteiger partial charge in [-0.2, -0.15) is 0 Å². The van der Waals surface area contributed by atoms with Gasteiger partial charge in [-0.1, -0.05) is 19.3 Å². The van der Waals surface area contributed by atoms with Crippen molar-refractivity contribution in [3.8, 4) is 5.75 Å². The summed E-state index contributed by atoms with van der Waals surface area (Å²) in [5.41, 5.74) is 8.76. The highest BCUT2D eigenvalue weighted by molar-refractivity contribution is 5.78. The molecule has 21 heavy (non-hydrogen) atoms. The van der Waals surface area contributed by atoms with E-state index < -0.39 is 0 Å². The van der Waals surface area contributed by atoms with E-state index >= 15 is 0 Å². The minimum Gasteiger partial charge on any atom is -0.497 e. The number of benzene rings is 1.